The smallest absolute Gasteiger partial charge is 0.269 e. The molecule has 0 heterocycles. The number of nitro benzene ring substituents is 1. The van der Waals surface area contributed by atoms with Gasteiger partial charge in [-0.2, -0.15) is 0 Å². The number of ether oxygens (including phenoxy) is 1. The van der Waals surface area contributed by atoms with E-state index in [1.165, 1.54) is 18.9 Å². The predicted octanol–water partition coefficient (Wildman–Crippen LogP) is 1.49. The third-order valence-corrected chi connectivity index (χ3v) is 3.47. The average molecular weight is 280 g/mol. The second-order valence-electron chi connectivity index (χ2n) is 4.94. The molecule has 20 heavy (non-hydrogen) atoms. The SMILES string of the molecule is COCCN(Cc1cc([N+](=O)[O-])ccc1NN)C1CC1. The summed E-state index contributed by atoms with van der Waals surface area (Å²) < 4.78 is 5.12. The van der Waals surface area contributed by atoms with Gasteiger partial charge in [0.25, 0.3) is 5.69 Å². The lowest BCUT2D eigenvalue weighted by atomic mass is 10.1. The Morgan fingerprint density at radius 3 is 2.85 bits per heavy atom. The lowest BCUT2D eigenvalue weighted by Gasteiger charge is -2.22. The summed E-state index contributed by atoms with van der Waals surface area (Å²) in [5.74, 6) is 5.48. The molecular formula is C13H20N4O3. The van der Waals surface area contributed by atoms with Crippen LogP contribution in [0.5, 0.6) is 0 Å². The second kappa shape index (κ2) is 6.65. The minimum atomic E-state index is -0.388. The maximum atomic E-state index is 10.9. The fraction of sp³-hybridized carbons (Fsp3) is 0.538. The number of hydrogen-bond acceptors (Lipinski definition) is 6. The van der Waals surface area contributed by atoms with E-state index in [1.54, 1.807) is 19.2 Å². The molecular weight excluding hydrogens is 260 g/mol. The van der Waals surface area contributed by atoms with Crippen molar-refractivity contribution in [1.82, 2.24) is 4.90 Å². The van der Waals surface area contributed by atoms with E-state index >= 15 is 0 Å². The van der Waals surface area contributed by atoms with Gasteiger partial charge in [0.1, 0.15) is 0 Å². The number of hydrogen-bond donors (Lipinski definition) is 2. The van der Waals surface area contributed by atoms with Gasteiger partial charge in [-0.25, -0.2) is 0 Å². The zero-order valence-electron chi connectivity index (χ0n) is 11.5. The monoisotopic (exact) mass is 280 g/mol. The van der Waals surface area contributed by atoms with Crippen LogP contribution in [0.25, 0.3) is 0 Å². The number of nitro groups is 1. The molecule has 0 unspecified atom stereocenters. The highest BCUT2D eigenvalue weighted by Gasteiger charge is 2.29. The molecule has 0 aliphatic heterocycles. The maximum absolute atomic E-state index is 10.9. The number of nitrogens with one attached hydrogen (secondary N) is 1. The minimum Gasteiger partial charge on any atom is -0.383 e. The van der Waals surface area contributed by atoms with Crippen molar-refractivity contribution >= 4 is 11.4 Å². The number of non-ortho nitro benzene ring substituents is 1. The Labute approximate surface area is 117 Å². The summed E-state index contributed by atoms with van der Waals surface area (Å²) >= 11 is 0. The normalized spacial score (nSPS) is 14.6. The van der Waals surface area contributed by atoms with E-state index in [2.05, 4.69) is 10.3 Å². The molecule has 0 spiro atoms. The Kier molecular flexibility index (Phi) is 4.89. The van der Waals surface area contributed by atoms with Crippen molar-refractivity contribution in [3.05, 3.63) is 33.9 Å². The van der Waals surface area contributed by atoms with Gasteiger partial charge in [-0.05, 0) is 24.5 Å². The van der Waals surface area contributed by atoms with Crippen molar-refractivity contribution in [3.63, 3.8) is 0 Å². The third-order valence-electron chi connectivity index (χ3n) is 3.47. The Bertz CT molecular complexity index is 477. The first-order valence-electron chi connectivity index (χ1n) is 6.62. The van der Waals surface area contributed by atoms with Crippen LogP contribution in [-0.2, 0) is 11.3 Å². The summed E-state index contributed by atoms with van der Waals surface area (Å²) in [5, 5.41) is 10.9. The molecule has 110 valence electrons. The highest BCUT2D eigenvalue weighted by Crippen LogP contribution is 2.30. The summed E-state index contributed by atoms with van der Waals surface area (Å²) in [5.41, 5.74) is 4.25. The first-order valence-corrected chi connectivity index (χ1v) is 6.62. The van der Waals surface area contributed by atoms with Crippen LogP contribution in [-0.4, -0.2) is 36.1 Å². The van der Waals surface area contributed by atoms with E-state index in [4.69, 9.17) is 10.6 Å². The van der Waals surface area contributed by atoms with Crippen molar-refractivity contribution in [2.45, 2.75) is 25.4 Å². The summed E-state index contributed by atoms with van der Waals surface area (Å²) in [6, 6.07) is 5.23. The van der Waals surface area contributed by atoms with Gasteiger partial charge in [0, 0.05) is 38.4 Å². The molecule has 0 atom stereocenters. The zero-order chi connectivity index (χ0) is 14.5. The van der Waals surface area contributed by atoms with Gasteiger partial charge in [-0.15, -0.1) is 0 Å². The summed E-state index contributed by atoms with van der Waals surface area (Å²) in [7, 11) is 1.67. The minimum absolute atomic E-state index is 0.0847. The molecule has 0 amide bonds. The van der Waals surface area contributed by atoms with E-state index in [-0.39, 0.29) is 10.6 Å². The van der Waals surface area contributed by atoms with E-state index in [0.717, 1.165) is 17.8 Å². The Morgan fingerprint density at radius 1 is 1.55 bits per heavy atom. The first kappa shape index (κ1) is 14.7. The zero-order valence-corrected chi connectivity index (χ0v) is 11.5. The van der Waals surface area contributed by atoms with Gasteiger partial charge in [-0.1, -0.05) is 0 Å². The average Bonchev–Trinajstić information content (AvgIpc) is 3.27. The van der Waals surface area contributed by atoms with Crippen LogP contribution < -0.4 is 11.3 Å². The van der Waals surface area contributed by atoms with Crippen LogP contribution in [0.15, 0.2) is 18.2 Å². The van der Waals surface area contributed by atoms with E-state index in [1.807, 2.05) is 0 Å². The molecule has 1 fully saturated rings. The van der Waals surface area contributed by atoms with Crippen LogP contribution in [0.3, 0.4) is 0 Å². The molecule has 3 N–H and O–H groups in total. The molecule has 0 radical (unpaired) electrons. The van der Waals surface area contributed by atoms with Crippen molar-refractivity contribution in [1.29, 1.82) is 0 Å². The van der Waals surface area contributed by atoms with E-state index < -0.39 is 0 Å². The molecule has 0 bridgehead atoms. The van der Waals surface area contributed by atoms with Gasteiger partial charge in [0.15, 0.2) is 0 Å². The first-order chi connectivity index (χ1) is 9.65. The Balaban J connectivity index is 2.16. The number of anilines is 1. The molecule has 1 aliphatic rings. The van der Waals surface area contributed by atoms with Crippen molar-refractivity contribution in [3.8, 4) is 0 Å². The molecule has 2 rings (SSSR count). The molecule has 1 aromatic carbocycles. The summed E-state index contributed by atoms with van der Waals surface area (Å²) in [6.07, 6.45) is 2.34. The van der Waals surface area contributed by atoms with Gasteiger partial charge < -0.3 is 10.2 Å². The second-order valence-corrected chi connectivity index (χ2v) is 4.94. The number of rotatable bonds is 8. The summed E-state index contributed by atoms with van der Waals surface area (Å²) in [6.45, 7) is 2.10. The van der Waals surface area contributed by atoms with Crippen LogP contribution in [0.2, 0.25) is 0 Å². The number of benzene rings is 1. The van der Waals surface area contributed by atoms with E-state index in [9.17, 15) is 10.1 Å². The highest BCUT2D eigenvalue weighted by molar-refractivity contribution is 5.55. The lowest BCUT2D eigenvalue weighted by Crippen LogP contribution is -2.29. The number of nitrogens with two attached hydrogens (primary N) is 1. The van der Waals surface area contributed by atoms with Crippen LogP contribution in [0.4, 0.5) is 11.4 Å². The molecule has 0 aromatic heterocycles. The lowest BCUT2D eigenvalue weighted by molar-refractivity contribution is -0.384. The van der Waals surface area contributed by atoms with Gasteiger partial charge >= 0.3 is 0 Å². The standard InChI is InChI=1S/C13H20N4O3/c1-20-7-6-16(11-2-3-11)9-10-8-12(17(18)19)4-5-13(10)15-14/h4-5,8,11,15H,2-3,6-7,9,14H2,1H3. The molecule has 0 saturated heterocycles. The van der Waals surface area contributed by atoms with Crippen LogP contribution in [0, 0.1) is 10.1 Å². The number of hydrazine groups is 1. The van der Waals surface area contributed by atoms with Crippen molar-refractivity contribution in [2.75, 3.05) is 25.7 Å². The number of methoxy groups -OCH3 is 1. The quantitative estimate of drug-likeness (QED) is 0.426. The largest absolute Gasteiger partial charge is 0.383 e. The topological polar surface area (TPSA) is 93.7 Å². The van der Waals surface area contributed by atoms with Crippen LogP contribution in [0.1, 0.15) is 18.4 Å². The highest BCUT2D eigenvalue weighted by atomic mass is 16.6. The van der Waals surface area contributed by atoms with Gasteiger partial charge in [0.2, 0.25) is 0 Å². The fourth-order valence-corrected chi connectivity index (χ4v) is 2.22. The molecule has 1 aliphatic carbocycles. The predicted molar refractivity (Wildman–Crippen MR) is 76.2 cm³/mol. The van der Waals surface area contributed by atoms with Crippen molar-refractivity contribution < 1.29 is 9.66 Å². The molecule has 7 heteroatoms. The molecule has 1 saturated carbocycles. The number of nitrogen functional groups attached to an aromatic ring is 1. The maximum Gasteiger partial charge on any atom is 0.269 e. The molecule has 1 aromatic rings. The fourth-order valence-electron chi connectivity index (χ4n) is 2.22. The van der Waals surface area contributed by atoms with Crippen molar-refractivity contribution in [2.24, 2.45) is 5.84 Å². The van der Waals surface area contributed by atoms with Crippen LogP contribution >= 0.6 is 0 Å². The van der Waals surface area contributed by atoms with E-state index in [0.29, 0.717) is 19.2 Å². The summed E-state index contributed by atoms with van der Waals surface area (Å²) in [4.78, 5) is 12.8. The number of nitrogens with zero attached hydrogens (tertiary/aromatic N) is 2. The Hall–Kier alpha value is -1.70. The van der Waals surface area contributed by atoms with Gasteiger partial charge in [-0.3, -0.25) is 20.9 Å². The molecule has 7 nitrogen and oxygen atoms in total. The van der Waals surface area contributed by atoms with Gasteiger partial charge in [0.05, 0.1) is 17.2 Å². The Morgan fingerprint density at radius 2 is 2.30 bits per heavy atom. The third kappa shape index (κ3) is 3.66.